The molecule has 6 heteroatoms. The van der Waals surface area contributed by atoms with Crippen molar-refractivity contribution in [2.24, 2.45) is 0 Å². The Hall–Kier alpha value is -2.63. The van der Waals surface area contributed by atoms with Crippen molar-refractivity contribution >= 4 is 23.2 Å². The Bertz CT molecular complexity index is 750. The van der Waals surface area contributed by atoms with Gasteiger partial charge in [0.2, 0.25) is 5.95 Å². The highest BCUT2D eigenvalue weighted by atomic mass is 16.1. The zero-order valence-electron chi connectivity index (χ0n) is 16.9. The van der Waals surface area contributed by atoms with Gasteiger partial charge in [-0.3, -0.25) is 4.79 Å². The molecule has 1 aromatic carbocycles. The second kappa shape index (κ2) is 10.1. The van der Waals surface area contributed by atoms with Gasteiger partial charge in [0.1, 0.15) is 5.69 Å². The third-order valence-corrected chi connectivity index (χ3v) is 5.33. The van der Waals surface area contributed by atoms with E-state index in [1.807, 2.05) is 24.3 Å². The minimum atomic E-state index is -0.220. The maximum absolute atomic E-state index is 12.6. The van der Waals surface area contributed by atoms with Gasteiger partial charge in [-0.15, -0.1) is 0 Å². The zero-order chi connectivity index (χ0) is 19.8. The highest BCUT2D eigenvalue weighted by Crippen LogP contribution is 2.20. The minimum absolute atomic E-state index is 0.220. The van der Waals surface area contributed by atoms with Crippen molar-refractivity contribution in [2.45, 2.75) is 58.4 Å². The molecule has 0 aliphatic heterocycles. The van der Waals surface area contributed by atoms with Gasteiger partial charge >= 0.3 is 0 Å². The van der Waals surface area contributed by atoms with Crippen molar-refractivity contribution in [1.82, 2.24) is 9.97 Å². The fraction of sp³-hybridized carbons (Fsp3) is 0.500. The van der Waals surface area contributed by atoms with E-state index < -0.39 is 0 Å². The third-order valence-electron chi connectivity index (χ3n) is 5.33. The molecule has 1 aliphatic rings. The summed E-state index contributed by atoms with van der Waals surface area (Å²) in [4.78, 5) is 23.6. The number of amides is 1. The molecule has 0 saturated heterocycles. The van der Waals surface area contributed by atoms with E-state index in [1.165, 1.54) is 25.7 Å². The van der Waals surface area contributed by atoms with Crippen LogP contribution in [0.15, 0.2) is 36.5 Å². The van der Waals surface area contributed by atoms with E-state index in [9.17, 15) is 4.79 Å². The maximum atomic E-state index is 12.6. The Kier molecular flexibility index (Phi) is 7.23. The average Bonchev–Trinajstić information content (AvgIpc) is 2.99. The van der Waals surface area contributed by atoms with Gasteiger partial charge in [0.15, 0.2) is 0 Å². The predicted octanol–water partition coefficient (Wildman–Crippen LogP) is 4.71. The van der Waals surface area contributed by atoms with Crippen LogP contribution in [0.5, 0.6) is 0 Å². The third kappa shape index (κ3) is 5.44. The molecule has 1 saturated carbocycles. The summed E-state index contributed by atoms with van der Waals surface area (Å²) in [7, 11) is 0. The van der Waals surface area contributed by atoms with E-state index in [0.29, 0.717) is 17.7 Å². The molecule has 0 atom stereocenters. The molecule has 6 nitrogen and oxygen atoms in total. The Morgan fingerprint density at radius 1 is 1.04 bits per heavy atom. The zero-order valence-corrected chi connectivity index (χ0v) is 16.9. The maximum Gasteiger partial charge on any atom is 0.274 e. The van der Waals surface area contributed by atoms with Crippen molar-refractivity contribution in [3.63, 3.8) is 0 Å². The molecule has 1 heterocycles. The largest absolute Gasteiger partial charge is 0.372 e. The number of nitrogens with zero attached hydrogens (tertiary/aromatic N) is 3. The first kappa shape index (κ1) is 20.1. The highest BCUT2D eigenvalue weighted by molar-refractivity contribution is 6.03. The highest BCUT2D eigenvalue weighted by Gasteiger charge is 2.15. The second-order valence-corrected chi connectivity index (χ2v) is 7.27. The normalized spacial score (nSPS) is 14.9. The summed E-state index contributed by atoms with van der Waals surface area (Å²) in [5.74, 6) is 0.318. The summed E-state index contributed by atoms with van der Waals surface area (Å²) >= 11 is 0. The predicted molar refractivity (Wildman–Crippen MR) is 115 cm³/mol. The minimum Gasteiger partial charge on any atom is -0.372 e. The van der Waals surface area contributed by atoms with Crippen LogP contribution in [0.4, 0.5) is 17.3 Å². The lowest BCUT2D eigenvalue weighted by atomic mass is 10.1. The number of hydrogen-bond acceptors (Lipinski definition) is 5. The Balaban J connectivity index is 1.62. The number of anilines is 3. The Morgan fingerprint density at radius 2 is 1.71 bits per heavy atom. The van der Waals surface area contributed by atoms with Gasteiger partial charge in [-0.1, -0.05) is 25.7 Å². The number of rotatable bonds is 7. The van der Waals surface area contributed by atoms with Crippen LogP contribution >= 0.6 is 0 Å². The molecule has 1 amide bonds. The number of hydrogen-bond donors (Lipinski definition) is 2. The van der Waals surface area contributed by atoms with Crippen LogP contribution < -0.4 is 15.5 Å². The molecule has 0 unspecified atom stereocenters. The molecule has 1 aliphatic carbocycles. The van der Waals surface area contributed by atoms with Crippen LogP contribution in [0, 0.1) is 0 Å². The number of benzene rings is 1. The monoisotopic (exact) mass is 381 g/mol. The van der Waals surface area contributed by atoms with Crippen molar-refractivity contribution in [3.05, 3.63) is 42.2 Å². The molecule has 0 bridgehead atoms. The fourth-order valence-corrected chi connectivity index (χ4v) is 3.70. The molecule has 28 heavy (non-hydrogen) atoms. The van der Waals surface area contributed by atoms with Crippen LogP contribution in [0.1, 0.15) is 62.9 Å². The lowest BCUT2D eigenvalue weighted by molar-refractivity contribution is 0.102. The molecular formula is C22H31N5O. The summed E-state index contributed by atoms with van der Waals surface area (Å²) in [5.41, 5.74) is 2.29. The quantitative estimate of drug-likeness (QED) is 0.680. The first-order chi connectivity index (χ1) is 13.7. The van der Waals surface area contributed by atoms with Crippen molar-refractivity contribution in [3.8, 4) is 0 Å². The standard InChI is InChI=1S/C22H31N5O/c1-3-27(4-2)19-13-11-18(12-14-19)24-21(28)20-15-16-23-22(26-20)25-17-9-7-5-6-8-10-17/h11-17H,3-10H2,1-2H3,(H,24,28)(H,23,25,26). The Labute approximate surface area is 167 Å². The first-order valence-electron chi connectivity index (χ1n) is 10.5. The lowest BCUT2D eigenvalue weighted by Gasteiger charge is -2.21. The molecule has 0 spiro atoms. The van der Waals surface area contributed by atoms with Gasteiger partial charge < -0.3 is 15.5 Å². The van der Waals surface area contributed by atoms with E-state index >= 15 is 0 Å². The van der Waals surface area contributed by atoms with Crippen LogP contribution in [0.2, 0.25) is 0 Å². The van der Waals surface area contributed by atoms with Crippen molar-refractivity contribution < 1.29 is 4.79 Å². The molecule has 1 fully saturated rings. The SMILES string of the molecule is CCN(CC)c1ccc(NC(=O)c2ccnc(NC3CCCCCC3)n2)cc1. The number of carbonyl (C=O) groups is 1. The lowest BCUT2D eigenvalue weighted by Crippen LogP contribution is -2.22. The smallest absolute Gasteiger partial charge is 0.274 e. The summed E-state index contributed by atoms with van der Waals surface area (Å²) in [6, 6.07) is 9.96. The van der Waals surface area contributed by atoms with Gasteiger partial charge in [-0.2, -0.15) is 0 Å². The van der Waals surface area contributed by atoms with E-state index in [0.717, 1.165) is 37.3 Å². The summed E-state index contributed by atoms with van der Waals surface area (Å²) in [5, 5.41) is 6.33. The van der Waals surface area contributed by atoms with Crippen LogP contribution in [0.3, 0.4) is 0 Å². The first-order valence-corrected chi connectivity index (χ1v) is 10.5. The van der Waals surface area contributed by atoms with Crippen molar-refractivity contribution in [1.29, 1.82) is 0 Å². The average molecular weight is 382 g/mol. The fourth-order valence-electron chi connectivity index (χ4n) is 3.70. The Morgan fingerprint density at radius 3 is 2.36 bits per heavy atom. The van der Waals surface area contributed by atoms with Gasteiger partial charge in [0, 0.05) is 36.7 Å². The molecule has 2 aromatic rings. The molecule has 1 aromatic heterocycles. The number of nitrogens with one attached hydrogen (secondary N) is 2. The van der Waals surface area contributed by atoms with Crippen LogP contribution in [-0.4, -0.2) is 35.0 Å². The molecule has 0 radical (unpaired) electrons. The van der Waals surface area contributed by atoms with Crippen LogP contribution in [0.25, 0.3) is 0 Å². The van der Waals surface area contributed by atoms with E-state index in [-0.39, 0.29) is 5.91 Å². The van der Waals surface area contributed by atoms with E-state index in [4.69, 9.17) is 0 Å². The summed E-state index contributed by atoms with van der Waals surface area (Å²) < 4.78 is 0. The molecular weight excluding hydrogens is 350 g/mol. The van der Waals surface area contributed by atoms with Gasteiger partial charge in [-0.25, -0.2) is 9.97 Å². The summed E-state index contributed by atoms with van der Waals surface area (Å²) in [6.45, 7) is 6.18. The van der Waals surface area contributed by atoms with E-state index in [1.54, 1.807) is 12.3 Å². The molecule has 2 N–H and O–H groups in total. The molecule has 3 rings (SSSR count). The number of aromatic nitrogens is 2. The van der Waals surface area contributed by atoms with Gasteiger partial charge in [0.05, 0.1) is 0 Å². The van der Waals surface area contributed by atoms with Crippen molar-refractivity contribution in [2.75, 3.05) is 28.6 Å². The van der Waals surface area contributed by atoms with Gasteiger partial charge in [-0.05, 0) is 57.0 Å². The van der Waals surface area contributed by atoms with Gasteiger partial charge in [0.25, 0.3) is 5.91 Å². The topological polar surface area (TPSA) is 70.2 Å². The summed E-state index contributed by atoms with van der Waals surface area (Å²) in [6.07, 6.45) is 8.99. The second-order valence-electron chi connectivity index (χ2n) is 7.27. The van der Waals surface area contributed by atoms with E-state index in [2.05, 4.69) is 39.3 Å². The molecule has 150 valence electrons. The van der Waals surface area contributed by atoms with Crippen LogP contribution in [-0.2, 0) is 0 Å². The number of carbonyl (C=O) groups excluding carboxylic acids is 1.